The molecule has 2 N–H and O–H groups in total. The van der Waals surface area contributed by atoms with Crippen molar-refractivity contribution >= 4 is 5.97 Å². The van der Waals surface area contributed by atoms with Crippen molar-refractivity contribution in [3.05, 3.63) is 42.1 Å². The molecule has 94 valence electrons. The van der Waals surface area contributed by atoms with Crippen molar-refractivity contribution in [3.63, 3.8) is 0 Å². The average Bonchev–Trinajstić information content (AvgIpc) is 2.79. The molecule has 0 amide bonds. The Morgan fingerprint density at radius 2 is 2.06 bits per heavy atom. The van der Waals surface area contributed by atoms with E-state index in [0.29, 0.717) is 17.1 Å². The highest BCUT2D eigenvalue weighted by Crippen LogP contribution is 2.25. The second-order valence-corrected chi connectivity index (χ2v) is 4.56. The van der Waals surface area contributed by atoms with Gasteiger partial charge in [-0.25, -0.2) is 9.37 Å². The van der Waals surface area contributed by atoms with Gasteiger partial charge in [0.15, 0.2) is 0 Å². The Balaban J connectivity index is 2.44. The van der Waals surface area contributed by atoms with Crippen molar-refractivity contribution < 1.29 is 14.3 Å². The molecular formula is C13H13FN2O2. The van der Waals surface area contributed by atoms with Crippen LogP contribution in [0, 0.1) is 5.82 Å². The monoisotopic (exact) mass is 248 g/mol. The molecule has 2 rings (SSSR count). The fourth-order valence-electron chi connectivity index (χ4n) is 1.56. The van der Waals surface area contributed by atoms with E-state index in [4.69, 9.17) is 5.11 Å². The van der Waals surface area contributed by atoms with Crippen molar-refractivity contribution in [1.29, 1.82) is 0 Å². The summed E-state index contributed by atoms with van der Waals surface area (Å²) in [7, 11) is 0. The predicted octanol–water partition coefficient (Wildman–Crippen LogP) is 2.58. The number of H-pyrrole nitrogens is 1. The summed E-state index contributed by atoms with van der Waals surface area (Å²) in [6.45, 7) is 3.08. The average molecular weight is 248 g/mol. The highest BCUT2D eigenvalue weighted by molar-refractivity contribution is 5.79. The molecule has 0 aliphatic heterocycles. The number of halogens is 1. The normalized spacial score (nSPS) is 11.5. The van der Waals surface area contributed by atoms with Gasteiger partial charge in [0.2, 0.25) is 0 Å². The molecule has 1 aromatic heterocycles. The molecule has 4 nitrogen and oxygen atoms in total. The van der Waals surface area contributed by atoms with E-state index in [2.05, 4.69) is 9.97 Å². The Hall–Kier alpha value is -2.17. The molecule has 2 aromatic rings. The number of carboxylic acid groups (broad SMARTS) is 1. The second kappa shape index (κ2) is 4.25. The number of carbonyl (C=O) groups is 1. The molecular weight excluding hydrogens is 235 g/mol. The Morgan fingerprint density at radius 1 is 1.39 bits per heavy atom. The van der Waals surface area contributed by atoms with E-state index in [1.165, 1.54) is 12.3 Å². The number of hydrogen-bond acceptors (Lipinski definition) is 2. The molecule has 18 heavy (non-hydrogen) atoms. The number of carboxylic acids is 1. The van der Waals surface area contributed by atoms with E-state index in [0.717, 1.165) is 0 Å². The summed E-state index contributed by atoms with van der Waals surface area (Å²) in [5, 5.41) is 9.10. The third kappa shape index (κ3) is 1.99. The zero-order chi connectivity index (χ0) is 13.3. The molecule has 0 bridgehead atoms. The van der Waals surface area contributed by atoms with Gasteiger partial charge in [-0.3, -0.25) is 4.79 Å². The molecule has 0 aliphatic rings. The molecule has 5 heteroatoms. The molecule has 0 spiro atoms. The van der Waals surface area contributed by atoms with Gasteiger partial charge in [-0.2, -0.15) is 0 Å². The van der Waals surface area contributed by atoms with Crippen LogP contribution in [0.25, 0.3) is 11.3 Å². The fourth-order valence-corrected chi connectivity index (χ4v) is 1.56. The van der Waals surface area contributed by atoms with Gasteiger partial charge in [0, 0.05) is 5.56 Å². The number of benzene rings is 1. The highest BCUT2D eigenvalue weighted by Gasteiger charge is 2.32. The van der Waals surface area contributed by atoms with Gasteiger partial charge in [0.1, 0.15) is 17.1 Å². The van der Waals surface area contributed by atoms with E-state index in [1.54, 1.807) is 32.0 Å². The molecule has 0 saturated heterocycles. The van der Waals surface area contributed by atoms with Crippen LogP contribution >= 0.6 is 0 Å². The van der Waals surface area contributed by atoms with E-state index in [1.807, 2.05) is 0 Å². The van der Waals surface area contributed by atoms with Crippen molar-refractivity contribution in [2.24, 2.45) is 0 Å². The Morgan fingerprint density at radius 3 is 2.67 bits per heavy atom. The van der Waals surface area contributed by atoms with Crippen LogP contribution in [0.15, 0.2) is 30.5 Å². The maximum atomic E-state index is 13.6. The number of imidazole rings is 1. The van der Waals surface area contributed by atoms with Crippen molar-refractivity contribution in [1.82, 2.24) is 9.97 Å². The van der Waals surface area contributed by atoms with Gasteiger partial charge in [0.25, 0.3) is 0 Å². The maximum Gasteiger partial charge on any atom is 0.316 e. The number of aliphatic carboxylic acids is 1. The van der Waals surface area contributed by atoms with Crippen LogP contribution in [0.4, 0.5) is 4.39 Å². The Labute approximate surface area is 103 Å². The van der Waals surface area contributed by atoms with Crippen LogP contribution in [-0.2, 0) is 10.2 Å². The summed E-state index contributed by atoms with van der Waals surface area (Å²) in [4.78, 5) is 18.0. The standard InChI is InChI=1S/C13H13FN2O2/c1-13(2,12(17)18)11-15-7-10(16-11)8-5-3-4-6-9(8)14/h3-7H,1-2H3,(H,15,16)(H,17,18). The summed E-state index contributed by atoms with van der Waals surface area (Å²) in [5.41, 5.74) is -0.293. The van der Waals surface area contributed by atoms with E-state index < -0.39 is 11.4 Å². The smallest absolute Gasteiger partial charge is 0.316 e. The minimum atomic E-state index is -1.14. The number of rotatable bonds is 3. The summed E-state index contributed by atoms with van der Waals surface area (Å²) >= 11 is 0. The van der Waals surface area contributed by atoms with Gasteiger partial charge < -0.3 is 10.1 Å². The molecule has 0 radical (unpaired) electrons. The third-order valence-electron chi connectivity index (χ3n) is 2.87. The first-order valence-electron chi connectivity index (χ1n) is 5.46. The maximum absolute atomic E-state index is 13.6. The number of hydrogen-bond donors (Lipinski definition) is 2. The van der Waals surface area contributed by atoms with Gasteiger partial charge in [-0.1, -0.05) is 12.1 Å². The molecule has 0 aliphatic carbocycles. The molecule has 0 unspecified atom stereocenters. The molecule has 1 aromatic carbocycles. The van der Waals surface area contributed by atoms with Gasteiger partial charge in [-0.15, -0.1) is 0 Å². The van der Waals surface area contributed by atoms with Crippen molar-refractivity contribution in [2.45, 2.75) is 19.3 Å². The second-order valence-electron chi connectivity index (χ2n) is 4.56. The van der Waals surface area contributed by atoms with Crippen LogP contribution in [0.1, 0.15) is 19.7 Å². The zero-order valence-electron chi connectivity index (χ0n) is 10.1. The molecule has 0 saturated carbocycles. The van der Waals surface area contributed by atoms with E-state index in [-0.39, 0.29) is 5.82 Å². The third-order valence-corrected chi connectivity index (χ3v) is 2.87. The van der Waals surface area contributed by atoms with Crippen LogP contribution in [0.2, 0.25) is 0 Å². The minimum absolute atomic E-state index is 0.299. The topological polar surface area (TPSA) is 66.0 Å². The van der Waals surface area contributed by atoms with E-state index in [9.17, 15) is 9.18 Å². The summed E-state index contributed by atoms with van der Waals surface area (Å²) in [5.74, 6) is -1.06. The van der Waals surface area contributed by atoms with E-state index >= 15 is 0 Å². The first kappa shape index (κ1) is 12.3. The lowest BCUT2D eigenvalue weighted by molar-refractivity contribution is -0.142. The zero-order valence-corrected chi connectivity index (χ0v) is 10.1. The Bertz CT molecular complexity index is 590. The lowest BCUT2D eigenvalue weighted by atomic mass is 9.93. The predicted molar refractivity (Wildman–Crippen MR) is 64.6 cm³/mol. The van der Waals surface area contributed by atoms with Crippen LogP contribution in [0.3, 0.4) is 0 Å². The fraction of sp³-hybridized carbons (Fsp3) is 0.231. The summed E-state index contributed by atoms with van der Waals surface area (Å²) in [6, 6.07) is 6.26. The molecule has 1 heterocycles. The molecule has 0 atom stereocenters. The summed E-state index contributed by atoms with van der Waals surface area (Å²) < 4.78 is 13.6. The lowest BCUT2D eigenvalue weighted by Gasteiger charge is -2.15. The minimum Gasteiger partial charge on any atom is -0.481 e. The number of nitrogens with zero attached hydrogens (tertiary/aromatic N) is 1. The first-order valence-corrected chi connectivity index (χ1v) is 5.46. The van der Waals surface area contributed by atoms with Crippen LogP contribution in [0.5, 0.6) is 0 Å². The largest absolute Gasteiger partial charge is 0.481 e. The number of aromatic amines is 1. The number of nitrogens with one attached hydrogen (secondary N) is 1. The molecule has 0 fully saturated rings. The van der Waals surface area contributed by atoms with Gasteiger partial charge in [0.05, 0.1) is 11.9 Å². The first-order chi connectivity index (χ1) is 8.43. The van der Waals surface area contributed by atoms with Crippen molar-refractivity contribution in [2.75, 3.05) is 0 Å². The summed E-state index contributed by atoms with van der Waals surface area (Å²) in [6.07, 6.45) is 1.44. The van der Waals surface area contributed by atoms with Crippen molar-refractivity contribution in [3.8, 4) is 11.3 Å². The van der Waals surface area contributed by atoms with Gasteiger partial charge in [-0.05, 0) is 26.0 Å². The quantitative estimate of drug-likeness (QED) is 0.877. The van der Waals surface area contributed by atoms with Crippen LogP contribution < -0.4 is 0 Å². The Kier molecular flexibility index (Phi) is 2.90. The number of aromatic nitrogens is 2. The SMILES string of the molecule is CC(C)(C(=O)O)c1ncc(-c2ccccc2F)[nH]1. The van der Waals surface area contributed by atoms with Crippen LogP contribution in [-0.4, -0.2) is 21.0 Å². The highest BCUT2D eigenvalue weighted by atomic mass is 19.1. The lowest BCUT2D eigenvalue weighted by Crippen LogP contribution is -2.29. The van der Waals surface area contributed by atoms with Gasteiger partial charge >= 0.3 is 5.97 Å².